The zero-order chi connectivity index (χ0) is 20.5. The average molecular weight is 433 g/mol. The Labute approximate surface area is 182 Å². The van der Waals surface area contributed by atoms with Crippen molar-refractivity contribution in [2.24, 2.45) is 5.92 Å². The van der Waals surface area contributed by atoms with Crippen LogP contribution in [0.4, 0.5) is 4.39 Å². The Morgan fingerprint density at radius 2 is 1.62 bits per heavy atom. The molecule has 2 aromatic rings. The van der Waals surface area contributed by atoms with Gasteiger partial charge in [-0.15, -0.1) is 23.5 Å². The number of halogens is 1. The molecule has 5 heteroatoms. The van der Waals surface area contributed by atoms with Crippen LogP contribution in [0.15, 0.2) is 48.5 Å². The normalized spacial score (nSPS) is 19.1. The van der Waals surface area contributed by atoms with E-state index in [4.69, 9.17) is 4.74 Å². The van der Waals surface area contributed by atoms with E-state index in [0.29, 0.717) is 15.9 Å². The van der Waals surface area contributed by atoms with E-state index >= 15 is 0 Å². The highest BCUT2D eigenvalue weighted by Gasteiger charge is 2.23. The smallest absolute Gasteiger partial charge is 0.343 e. The molecule has 0 N–H and O–H groups in total. The minimum absolute atomic E-state index is 0.342. The van der Waals surface area contributed by atoms with Crippen LogP contribution in [-0.2, 0) is 0 Å². The van der Waals surface area contributed by atoms with Crippen molar-refractivity contribution in [1.82, 2.24) is 0 Å². The maximum atomic E-state index is 13.0. The van der Waals surface area contributed by atoms with Gasteiger partial charge in [0.05, 0.1) is 10.1 Å². The average Bonchev–Trinajstić information content (AvgIpc) is 2.75. The van der Waals surface area contributed by atoms with Crippen molar-refractivity contribution >= 4 is 29.5 Å². The van der Waals surface area contributed by atoms with Gasteiger partial charge in [-0.05, 0) is 65.8 Å². The fourth-order valence-corrected chi connectivity index (χ4v) is 6.55. The summed E-state index contributed by atoms with van der Waals surface area (Å²) in [6.07, 6.45) is 8.15. The number of benzene rings is 2. The summed E-state index contributed by atoms with van der Waals surface area (Å²) in [6, 6.07) is 13.2. The molecule has 2 aromatic carbocycles. The van der Waals surface area contributed by atoms with Gasteiger partial charge in [0.2, 0.25) is 0 Å². The first-order valence-corrected chi connectivity index (χ1v) is 12.6. The molecule has 1 aliphatic rings. The molecule has 2 nitrogen and oxygen atoms in total. The van der Waals surface area contributed by atoms with Gasteiger partial charge in [-0.25, -0.2) is 9.18 Å². The largest absolute Gasteiger partial charge is 0.423 e. The molecule has 29 heavy (non-hydrogen) atoms. The van der Waals surface area contributed by atoms with Crippen molar-refractivity contribution < 1.29 is 13.9 Å². The summed E-state index contributed by atoms with van der Waals surface area (Å²) < 4.78 is 18.8. The molecule has 0 amide bonds. The summed E-state index contributed by atoms with van der Waals surface area (Å²) in [6.45, 7) is 2.26. The molecule has 156 valence electrons. The van der Waals surface area contributed by atoms with Crippen LogP contribution in [0.2, 0.25) is 0 Å². The van der Waals surface area contributed by atoms with Gasteiger partial charge >= 0.3 is 5.97 Å². The molecule has 0 atom stereocenters. The van der Waals surface area contributed by atoms with Gasteiger partial charge in [-0.2, -0.15) is 0 Å². The maximum absolute atomic E-state index is 13.0. The zero-order valence-corrected chi connectivity index (χ0v) is 18.6. The quantitative estimate of drug-likeness (QED) is 0.233. The molecule has 0 saturated carbocycles. The number of hydrogen-bond donors (Lipinski definition) is 0. The van der Waals surface area contributed by atoms with E-state index in [1.807, 2.05) is 47.8 Å². The highest BCUT2D eigenvalue weighted by atomic mass is 32.2. The highest BCUT2D eigenvalue weighted by molar-refractivity contribution is 8.16. The van der Waals surface area contributed by atoms with E-state index in [-0.39, 0.29) is 5.82 Å². The van der Waals surface area contributed by atoms with Crippen LogP contribution >= 0.6 is 23.5 Å². The number of rotatable bonds is 9. The van der Waals surface area contributed by atoms with E-state index in [9.17, 15) is 9.18 Å². The van der Waals surface area contributed by atoms with E-state index < -0.39 is 5.97 Å². The van der Waals surface area contributed by atoms with E-state index in [1.54, 1.807) is 0 Å². The third-order valence-electron chi connectivity index (χ3n) is 5.13. The van der Waals surface area contributed by atoms with Crippen molar-refractivity contribution in [2.75, 3.05) is 11.5 Å². The SMILES string of the molecule is CCCCCCCC1CSC(c2ccc(OC(=O)c3ccc(F)cc3)cc2)SC1. The van der Waals surface area contributed by atoms with Crippen molar-refractivity contribution in [1.29, 1.82) is 0 Å². The van der Waals surface area contributed by atoms with Gasteiger partial charge < -0.3 is 4.74 Å². The van der Waals surface area contributed by atoms with Gasteiger partial charge in [0.15, 0.2) is 0 Å². The Bertz CT molecular complexity index is 753. The minimum Gasteiger partial charge on any atom is -0.423 e. The second-order valence-corrected chi connectivity index (χ2v) is 10.1. The van der Waals surface area contributed by atoms with Gasteiger partial charge in [0.25, 0.3) is 0 Å². The topological polar surface area (TPSA) is 26.3 Å². The lowest BCUT2D eigenvalue weighted by atomic mass is 10.0. The summed E-state index contributed by atoms with van der Waals surface area (Å²) in [5.41, 5.74) is 1.61. The van der Waals surface area contributed by atoms with Gasteiger partial charge in [0, 0.05) is 0 Å². The predicted molar refractivity (Wildman–Crippen MR) is 122 cm³/mol. The molecule has 0 radical (unpaired) electrons. The lowest BCUT2D eigenvalue weighted by Crippen LogP contribution is -2.14. The molecule has 1 heterocycles. The molecule has 1 aliphatic heterocycles. The number of esters is 1. The first-order valence-electron chi connectivity index (χ1n) is 10.5. The first kappa shape index (κ1) is 22.2. The van der Waals surface area contributed by atoms with E-state index in [0.717, 1.165) is 5.92 Å². The van der Waals surface area contributed by atoms with Crippen molar-refractivity contribution in [3.05, 3.63) is 65.5 Å². The van der Waals surface area contributed by atoms with Gasteiger partial charge in [-0.3, -0.25) is 0 Å². The van der Waals surface area contributed by atoms with E-state index in [2.05, 4.69) is 6.92 Å². The fraction of sp³-hybridized carbons (Fsp3) is 0.458. The Morgan fingerprint density at radius 1 is 0.966 bits per heavy atom. The van der Waals surface area contributed by atoms with Crippen LogP contribution in [0.5, 0.6) is 5.75 Å². The van der Waals surface area contributed by atoms with Crippen LogP contribution in [-0.4, -0.2) is 17.5 Å². The van der Waals surface area contributed by atoms with Crippen molar-refractivity contribution in [3.63, 3.8) is 0 Å². The third-order valence-corrected chi connectivity index (χ3v) is 8.42. The number of hydrogen-bond acceptors (Lipinski definition) is 4. The molecular formula is C24H29FO2S2. The summed E-state index contributed by atoms with van der Waals surface area (Å²) in [5, 5.41) is 0. The summed E-state index contributed by atoms with van der Waals surface area (Å²) >= 11 is 4.06. The summed E-state index contributed by atoms with van der Waals surface area (Å²) in [7, 11) is 0. The van der Waals surface area contributed by atoms with Crippen LogP contribution in [0.3, 0.4) is 0 Å². The zero-order valence-electron chi connectivity index (χ0n) is 16.9. The second-order valence-electron chi connectivity index (χ2n) is 7.53. The second kappa shape index (κ2) is 11.7. The number of unbranched alkanes of at least 4 members (excludes halogenated alkanes) is 4. The number of ether oxygens (including phenoxy) is 1. The van der Waals surface area contributed by atoms with Crippen LogP contribution in [0.25, 0.3) is 0 Å². The Morgan fingerprint density at radius 3 is 2.28 bits per heavy atom. The van der Waals surface area contributed by atoms with Crippen LogP contribution in [0, 0.1) is 11.7 Å². The lowest BCUT2D eigenvalue weighted by Gasteiger charge is -2.28. The highest BCUT2D eigenvalue weighted by Crippen LogP contribution is 2.46. The van der Waals surface area contributed by atoms with Crippen LogP contribution in [0.1, 0.15) is 66.0 Å². The Hall–Kier alpha value is -1.46. The Balaban J connectivity index is 1.43. The standard InChI is InChI=1S/C24H29FO2S2/c1-2-3-4-5-6-7-18-16-28-24(29-17-18)20-10-14-22(15-11-20)27-23(26)19-8-12-21(25)13-9-19/h8-15,18,24H,2-7,16-17H2,1H3. The minimum atomic E-state index is -0.471. The first-order chi connectivity index (χ1) is 14.2. The maximum Gasteiger partial charge on any atom is 0.343 e. The van der Waals surface area contributed by atoms with Crippen molar-refractivity contribution in [2.45, 2.75) is 50.0 Å². The molecule has 0 unspecified atom stereocenters. The number of thioether (sulfide) groups is 2. The van der Waals surface area contributed by atoms with Gasteiger partial charge in [-0.1, -0.05) is 51.2 Å². The molecule has 0 bridgehead atoms. The monoisotopic (exact) mass is 432 g/mol. The van der Waals surface area contributed by atoms with Crippen molar-refractivity contribution in [3.8, 4) is 5.75 Å². The molecule has 1 fully saturated rings. The lowest BCUT2D eigenvalue weighted by molar-refractivity contribution is 0.0734. The summed E-state index contributed by atoms with van der Waals surface area (Å²) in [4.78, 5) is 12.1. The molecule has 1 saturated heterocycles. The molecule has 0 aromatic heterocycles. The number of carbonyl (C=O) groups excluding carboxylic acids is 1. The summed E-state index contributed by atoms with van der Waals surface area (Å²) in [5.74, 6) is 2.96. The molecule has 0 aliphatic carbocycles. The van der Waals surface area contributed by atoms with E-state index in [1.165, 1.54) is 79.9 Å². The fourth-order valence-electron chi connectivity index (χ4n) is 3.38. The number of carbonyl (C=O) groups is 1. The van der Waals surface area contributed by atoms with Gasteiger partial charge in [0.1, 0.15) is 11.6 Å². The Kier molecular flexibility index (Phi) is 8.93. The molecular weight excluding hydrogens is 403 g/mol. The molecule has 0 spiro atoms. The predicted octanol–water partition coefficient (Wildman–Crippen LogP) is 7.50. The van der Waals surface area contributed by atoms with Crippen LogP contribution < -0.4 is 4.74 Å². The molecule has 3 rings (SSSR count). The third kappa shape index (κ3) is 7.07.